The molecule has 3 nitrogen and oxygen atoms in total. The van der Waals surface area contributed by atoms with Gasteiger partial charge in [-0.1, -0.05) is 18.2 Å². The van der Waals surface area contributed by atoms with Gasteiger partial charge in [0.2, 0.25) is 0 Å². The van der Waals surface area contributed by atoms with E-state index < -0.39 is 12.2 Å². The second kappa shape index (κ2) is 4.73. The zero-order valence-electron chi connectivity index (χ0n) is 10.3. The van der Waals surface area contributed by atoms with Crippen LogP contribution in [-0.4, -0.2) is 23.1 Å². The van der Waals surface area contributed by atoms with E-state index in [4.69, 9.17) is 4.74 Å². The largest absolute Gasteiger partial charge is 0.486 e. The van der Waals surface area contributed by atoms with Gasteiger partial charge in [-0.25, -0.2) is 0 Å². The normalized spacial score (nSPS) is 35.4. The molecule has 0 radical (unpaired) electrons. The molecular formula is C15H18O3. The van der Waals surface area contributed by atoms with Crippen LogP contribution in [0.3, 0.4) is 0 Å². The predicted octanol–water partition coefficient (Wildman–Crippen LogP) is 2.28. The molecule has 3 heteroatoms. The molecule has 1 fully saturated rings. The molecule has 0 aromatic carbocycles. The van der Waals surface area contributed by atoms with Gasteiger partial charge in [0.1, 0.15) is 5.76 Å². The van der Waals surface area contributed by atoms with E-state index in [1.54, 1.807) is 0 Å². The topological polar surface area (TPSA) is 46.5 Å². The number of aliphatic hydroxyl groups is 1. The van der Waals surface area contributed by atoms with Crippen molar-refractivity contribution < 1.29 is 14.6 Å². The maximum Gasteiger partial charge on any atom is 0.176 e. The van der Waals surface area contributed by atoms with Gasteiger partial charge < -0.3 is 9.84 Å². The van der Waals surface area contributed by atoms with Crippen molar-refractivity contribution in [1.29, 1.82) is 0 Å². The lowest BCUT2D eigenvalue weighted by molar-refractivity contribution is -0.144. The molecule has 0 amide bonds. The van der Waals surface area contributed by atoms with Crippen LogP contribution in [0.5, 0.6) is 0 Å². The number of allylic oxidation sites excluding steroid dienone is 4. The summed E-state index contributed by atoms with van der Waals surface area (Å²) in [5.74, 6) is 0.497. The zero-order valence-corrected chi connectivity index (χ0v) is 10.3. The van der Waals surface area contributed by atoms with Crippen LogP contribution in [0.1, 0.15) is 32.1 Å². The maximum atomic E-state index is 12.2. The number of aliphatic hydroxyl groups excluding tert-OH is 1. The van der Waals surface area contributed by atoms with Crippen molar-refractivity contribution in [2.24, 2.45) is 5.92 Å². The van der Waals surface area contributed by atoms with Crippen LogP contribution >= 0.6 is 0 Å². The monoisotopic (exact) mass is 246 g/mol. The van der Waals surface area contributed by atoms with Crippen LogP contribution in [0.25, 0.3) is 0 Å². The molecule has 0 aromatic rings. The molecule has 3 atom stereocenters. The van der Waals surface area contributed by atoms with Gasteiger partial charge in [-0.3, -0.25) is 4.79 Å². The third-order valence-corrected chi connectivity index (χ3v) is 3.92. The molecule has 1 saturated heterocycles. The van der Waals surface area contributed by atoms with Crippen molar-refractivity contribution in [3.8, 4) is 0 Å². The molecule has 0 bridgehead atoms. The van der Waals surface area contributed by atoms with Gasteiger partial charge in [0.05, 0.1) is 5.92 Å². The van der Waals surface area contributed by atoms with E-state index in [1.807, 2.05) is 12.2 Å². The third-order valence-electron chi connectivity index (χ3n) is 3.92. The molecule has 0 spiro atoms. The molecule has 18 heavy (non-hydrogen) atoms. The first-order valence-corrected chi connectivity index (χ1v) is 6.72. The Balaban J connectivity index is 1.88. The van der Waals surface area contributed by atoms with Crippen molar-refractivity contribution in [2.45, 2.75) is 44.3 Å². The predicted molar refractivity (Wildman–Crippen MR) is 67.8 cm³/mol. The number of hydrogen-bond donors (Lipinski definition) is 1. The van der Waals surface area contributed by atoms with E-state index in [1.165, 1.54) is 0 Å². The van der Waals surface area contributed by atoms with Crippen LogP contribution in [0.2, 0.25) is 0 Å². The number of Topliss-reactive ketones (excluding diaryl/α,β-unsaturated/α-hetero) is 1. The molecule has 0 aromatic heterocycles. The van der Waals surface area contributed by atoms with E-state index in [0.29, 0.717) is 0 Å². The second-order valence-electron chi connectivity index (χ2n) is 5.16. The van der Waals surface area contributed by atoms with Crippen molar-refractivity contribution in [3.05, 3.63) is 35.6 Å². The fourth-order valence-corrected chi connectivity index (χ4v) is 2.92. The summed E-state index contributed by atoms with van der Waals surface area (Å²) in [5, 5.41) is 10.2. The van der Waals surface area contributed by atoms with Crippen molar-refractivity contribution in [2.75, 3.05) is 0 Å². The van der Waals surface area contributed by atoms with E-state index in [9.17, 15) is 9.90 Å². The number of carbonyl (C=O) groups is 1. The van der Waals surface area contributed by atoms with E-state index >= 15 is 0 Å². The smallest absolute Gasteiger partial charge is 0.176 e. The Morgan fingerprint density at radius 1 is 1.22 bits per heavy atom. The fourth-order valence-electron chi connectivity index (χ4n) is 2.92. The zero-order chi connectivity index (χ0) is 12.5. The SMILES string of the molecule is O=C1C2CCCC=C2OC(C2=CCCC=C2)C1O. The quantitative estimate of drug-likeness (QED) is 0.772. The lowest BCUT2D eigenvalue weighted by Gasteiger charge is -2.37. The number of carbonyl (C=O) groups excluding carboxylic acids is 1. The Hall–Kier alpha value is -1.35. The average Bonchev–Trinajstić information content (AvgIpc) is 2.44. The summed E-state index contributed by atoms with van der Waals surface area (Å²) in [4.78, 5) is 12.2. The molecule has 1 heterocycles. The van der Waals surface area contributed by atoms with Gasteiger partial charge in [-0.15, -0.1) is 0 Å². The highest BCUT2D eigenvalue weighted by molar-refractivity contribution is 5.89. The van der Waals surface area contributed by atoms with Crippen LogP contribution in [-0.2, 0) is 9.53 Å². The minimum atomic E-state index is -1.01. The van der Waals surface area contributed by atoms with Gasteiger partial charge in [-0.05, 0) is 43.8 Å². The molecule has 3 unspecified atom stereocenters. The fraction of sp³-hybridized carbons (Fsp3) is 0.533. The summed E-state index contributed by atoms with van der Waals surface area (Å²) in [5.41, 5.74) is 0.937. The lowest BCUT2D eigenvalue weighted by atomic mass is 9.82. The van der Waals surface area contributed by atoms with E-state index in [2.05, 4.69) is 12.2 Å². The standard InChI is InChI=1S/C15H18O3/c16-13-11-8-4-5-9-12(11)18-15(14(13)17)10-6-2-1-3-7-10/h2,6-7,9,11,14-15,17H,1,3-5,8H2. The summed E-state index contributed by atoms with van der Waals surface area (Å²) < 4.78 is 5.88. The number of ketones is 1. The molecule has 3 rings (SSSR count). The first kappa shape index (κ1) is 11.7. The number of rotatable bonds is 1. The Bertz CT molecular complexity index is 445. The third kappa shape index (κ3) is 1.93. The van der Waals surface area contributed by atoms with Gasteiger partial charge in [-0.2, -0.15) is 0 Å². The lowest BCUT2D eigenvalue weighted by Crippen LogP contribution is -2.47. The van der Waals surface area contributed by atoms with Crippen LogP contribution in [0.15, 0.2) is 35.6 Å². The molecule has 1 N–H and O–H groups in total. The summed E-state index contributed by atoms with van der Waals surface area (Å²) in [6, 6.07) is 0. The average molecular weight is 246 g/mol. The summed E-state index contributed by atoms with van der Waals surface area (Å²) in [7, 11) is 0. The Morgan fingerprint density at radius 3 is 2.89 bits per heavy atom. The molecular weight excluding hydrogens is 228 g/mol. The van der Waals surface area contributed by atoms with Crippen molar-refractivity contribution in [3.63, 3.8) is 0 Å². The van der Waals surface area contributed by atoms with E-state index in [-0.39, 0.29) is 11.7 Å². The number of fused-ring (bicyclic) bond motifs is 1. The van der Waals surface area contributed by atoms with Gasteiger partial charge in [0.25, 0.3) is 0 Å². The molecule has 2 aliphatic carbocycles. The molecule has 3 aliphatic rings. The van der Waals surface area contributed by atoms with E-state index in [0.717, 1.165) is 43.4 Å². The Labute approximate surface area is 107 Å². The van der Waals surface area contributed by atoms with Crippen LogP contribution in [0.4, 0.5) is 0 Å². The molecule has 1 aliphatic heterocycles. The Kier molecular flexibility index (Phi) is 3.08. The van der Waals surface area contributed by atoms with Gasteiger partial charge in [0.15, 0.2) is 18.0 Å². The Morgan fingerprint density at radius 2 is 2.11 bits per heavy atom. The summed E-state index contributed by atoms with van der Waals surface area (Å²) in [6.45, 7) is 0. The van der Waals surface area contributed by atoms with Gasteiger partial charge >= 0.3 is 0 Å². The minimum absolute atomic E-state index is 0.0722. The van der Waals surface area contributed by atoms with Gasteiger partial charge in [0, 0.05) is 0 Å². The van der Waals surface area contributed by atoms with Crippen molar-refractivity contribution >= 4 is 5.78 Å². The summed E-state index contributed by atoms with van der Waals surface area (Å²) >= 11 is 0. The number of ether oxygens (including phenoxy) is 1. The van der Waals surface area contributed by atoms with Crippen molar-refractivity contribution in [1.82, 2.24) is 0 Å². The molecule has 96 valence electrons. The molecule has 0 saturated carbocycles. The summed E-state index contributed by atoms with van der Waals surface area (Å²) in [6.07, 6.45) is 11.3. The number of hydrogen-bond acceptors (Lipinski definition) is 3. The highest BCUT2D eigenvalue weighted by Crippen LogP contribution is 2.36. The first-order valence-electron chi connectivity index (χ1n) is 6.72. The maximum absolute atomic E-state index is 12.2. The van der Waals surface area contributed by atoms with Crippen LogP contribution in [0, 0.1) is 5.92 Å². The highest BCUT2D eigenvalue weighted by atomic mass is 16.5. The van der Waals surface area contributed by atoms with Crippen LogP contribution < -0.4 is 0 Å². The first-order chi connectivity index (χ1) is 8.77. The highest BCUT2D eigenvalue weighted by Gasteiger charge is 2.43. The second-order valence-corrected chi connectivity index (χ2v) is 5.16. The minimum Gasteiger partial charge on any atom is -0.486 e.